The summed E-state index contributed by atoms with van der Waals surface area (Å²) in [5.74, 6) is 0.673. The molecule has 7 heteroatoms. The molecule has 1 aliphatic heterocycles. The minimum atomic E-state index is -2.93. The Bertz CT molecular complexity index is 868. The zero-order valence-corrected chi connectivity index (χ0v) is 16.1. The van der Waals surface area contributed by atoms with Crippen molar-refractivity contribution in [3.8, 4) is 5.75 Å². The van der Waals surface area contributed by atoms with Crippen molar-refractivity contribution in [2.24, 2.45) is 0 Å². The predicted molar refractivity (Wildman–Crippen MR) is 101 cm³/mol. The van der Waals surface area contributed by atoms with Gasteiger partial charge in [-0.25, -0.2) is 12.8 Å². The molecule has 0 aromatic heterocycles. The molecule has 2 aromatic carbocycles. The van der Waals surface area contributed by atoms with Crippen molar-refractivity contribution in [1.82, 2.24) is 4.90 Å². The first-order valence-electron chi connectivity index (χ1n) is 8.40. The molecular formula is C19H21ClFNO3S. The summed E-state index contributed by atoms with van der Waals surface area (Å²) in [4.78, 5) is 2.03. The Labute approximate surface area is 158 Å². The average molecular weight is 398 g/mol. The largest absolute Gasteiger partial charge is 0.488 e. The third-order valence-electron chi connectivity index (χ3n) is 4.66. The lowest BCUT2D eigenvalue weighted by Crippen LogP contribution is -2.32. The molecule has 0 amide bonds. The molecule has 0 radical (unpaired) electrons. The fraction of sp³-hybridized carbons (Fsp3) is 0.368. The van der Waals surface area contributed by atoms with E-state index in [1.165, 1.54) is 6.07 Å². The van der Waals surface area contributed by atoms with E-state index < -0.39 is 15.7 Å². The molecule has 2 aromatic rings. The lowest BCUT2D eigenvalue weighted by molar-refractivity contribution is 0.243. The van der Waals surface area contributed by atoms with Crippen LogP contribution in [-0.4, -0.2) is 37.9 Å². The summed E-state index contributed by atoms with van der Waals surface area (Å²) in [6.07, 6.45) is 0.646. The smallest absolute Gasteiger partial charge is 0.151 e. The Morgan fingerprint density at radius 1 is 1.23 bits per heavy atom. The number of para-hydroxylation sites is 1. The highest BCUT2D eigenvalue weighted by Gasteiger charge is 2.30. The van der Waals surface area contributed by atoms with Gasteiger partial charge in [0.05, 0.1) is 16.5 Å². The molecule has 0 bridgehead atoms. The molecule has 26 heavy (non-hydrogen) atoms. The highest BCUT2D eigenvalue weighted by molar-refractivity contribution is 7.91. The van der Waals surface area contributed by atoms with E-state index in [0.29, 0.717) is 29.3 Å². The van der Waals surface area contributed by atoms with Crippen LogP contribution in [0, 0.1) is 5.82 Å². The minimum absolute atomic E-state index is 0.00840. The molecule has 0 N–H and O–H groups in total. The SMILES string of the molecule is CN(Cc1ccccc1OCc1c(F)cccc1Cl)C1CCS(=O)(=O)C1. The zero-order valence-electron chi connectivity index (χ0n) is 14.5. The number of hydrogen-bond acceptors (Lipinski definition) is 4. The molecule has 0 spiro atoms. The summed E-state index contributed by atoms with van der Waals surface area (Å²) in [7, 11) is -1.02. The maximum absolute atomic E-state index is 13.9. The standard InChI is InChI=1S/C19H21ClFNO3S/c1-22(15-9-10-26(23,24)13-15)11-14-5-2-3-8-19(14)25-12-16-17(20)6-4-7-18(16)21/h2-8,15H,9-13H2,1H3. The highest BCUT2D eigenvalue weighted by atomic mass is 35.5. The molecule has 1 aliphatic rings. The number of hydrogen-bond donors (Lipinski definition) is 0. The van der Waals surface area contributed by atoms with Gasteiger partial charge in [-0.2, -0.15) is 0 Å². The summed E-state index contributed by atoms with van der Waals surface area (Å²) >= 11 is 6.05. The Morgan fingerprint density at radius 3 is 2.69 bits per heavy atom. The number of halogens is 2. The van der Waals surface area contributed by atoms with Crippen molar-refractivity contribution in [3.63, 3.8) is 0 Å². The number of sulfone groups is 1. The fourth-order valence-electron chi connectivity index (χ4n) is 3.12. The van der Waals surface area contributed by atoms with Crippen molar-refractivity contribution in [1.29, 1.82) is 0 Å². The van der Waals surface area contributed by atoms with Crippen LogP contribution in [0.1, 0.15) is 17.5 Å². The van der Waals surface area contributed by atoms with Gasteiger partial charge in [-0.3, -0.25) is 4.90 Å². The first-order chi connectivity index (χ1) is 12.4. The Kier molecular flexibility index (Phi) is 5.85. The number of nitrogens with zero attached hydrogens (tertiary/aromatic N) is 1. The van der Waals surface area contributed by atoms with Gasteiger partial charge in [0.15, 0.2) is 9.84 Å². The van der Waals surface area contributed by atoms with Crippen LogP contribution in [0.25, 0.3) is 0 Å². The van der Waals surface area contributed by atoms with Crippen LogP contribution in [-0.2, 0) is 23.0 Å². The van der Waals surface area contributed by atoms with E-state index in [9.17, 15) is 12.8 Å². The molecule has 1 fully saturated rings. The maximum Gasteiger partial charge on any atom is 0.151 e. The second-order valence-electron chi connectivity index (χ2n) is 6.57. The Balaban J connectivity index is 1.70. The third kappa shape index (κ3) is 4.55. The molecule has 140 valence electrons. The van der Waals surface area contributed by atoms with Gasteiger partial charge in [0.2, 0.25) is 0 Å². The predicted octanol–water partition coefficient (Wildman–Crippen LogP) is 3.68. The van der Waals surface area contributed by atoms with E-state index in [4.69, 9.17) is 16.3 Å². The molecule has 4 nitrogen and oxygen atoms in total. The van der Waals surface area contributed by atoms with Crippen LogP contribution in [0.5, 0.6) is 5.75 Å². The molecule has 1 atom stereocenters. The van der Waals surface area contributed by atoms with Gasteiger partial charge in [-0.1, -0.05) is 35.9 Å². The molecule has 1 saturated heterocycles. The molecule has 0 aliphatic carbocycles. The summed E-state index contributed by atoms with van der Waals surface area (Å²) in [5, 5.41) is 0.329. The van der Waals surface area contributed by atoms with Gasteiger partial charge in [0, 0.05) is 23.7 Å². The fourth-order valence-corrected chi connectivity index (χ4v) is 5.14. The summed E-state index contributed by atoms with van der Waals surface area (Å²) in [5.41, 5.74) is 1.24. The van der Waals surface area contributed by atoms with E-state index in [2.05, 4.69) is 0 Å². The van der Waals surface area contributed by atoms with Crippen LogP contribution in [0.15, 0.2) is 42.5 Å². The molecule has 1 heterocycles. The first-order valence-corrected chi connectivity index (χ1v) is 10.6. The van der Waals surface area contributed by atoms with Gasteiger partial charge in [0.25, 0.3) is 0 Å². The van der Waals surface area contributed by atoms with Crippen molar-refractivity contribution in [2.75, 3.05) is 18.6 Å². The Morgan fingerprint density at radius 2 is 2.00 bits per heavy atom. The van der Waals surface area contributed by atoms with Gasteiger partial charge in [-0.15, -0.1) is 0 Å². The first kappa shape index (κ1) is 19.1. The number of benzene rings is 2. The molecule has 1 unspecified atom stereocenters. The summed E-state index contributed by atoms with van der Waals surface area (Å²) in [6.45, 7) is 0.589. The van der Waals surface area contributed by atoms with Crippen LogP contribution in [0.4, 0.5) is 4.39 Å². The van der Waals surface area contributed by atoms with Crippen molar-refractivity contribution >= 4 is 21.4 Å². The molecule has 0 saturated carbocycles. The second kappa shape index (κ2) is 7.94. The van der Waals surface area contributed by atoms with Crippen molar-refractivity contribution < 1.29 is 17.5 Å². The van der Waals surface area contributed by atoms with Crippen LogP contribution >= 0.6 is 11.6 Å². The van der Waals surface area contributed by atoms with Crippen molar-refractivity contribution in [2.45, 2.75) is 25.6 Å². The highest BCUT2D eigenvalue weighted by Crippen LogP contribution is 2.26. The quantitative estimate of drug-likeness (QED) is 0.746. The van der Waals surface area contributed by atoms with Gasteiger partial charge >= 0.3 is 0 Å². The second-order valence-corrected chi connectivity index (χ2v) is 9.20. The summed E-state index contributed by atoms with van der Waals surface area (Å²) < 4.78 is 43.1. The molecular weight excluding hydrogens is 377 g/mol. The Hall–Kier alpha value is -1.63. The van der Waals surface area contributed by atoms with E-state index in [1.807, 2.05) is 36.2 Å². The number of ether oxygens (including phenoxy) is 1. The molecule has 3 rings (SSSR count). The van der Waals surface area contributed by atoms with E-state index in [-0.39, 0.29) is 24.2 Å². The van der Waals surface area contributed by atoms with Crippen molar-refractivity contribution in [3.05, 3.63) is 64.4 Å². The minimum Gasteiger partial charge on any atom is -0.488 e. The third-order valence-corrected chi connectivity index (χ3v) is 6.76. The summed E-state index contributed by atoms with van der Waals surface area (Å²) in [6, 6.07) is 12.0. The van der Waals surface area contributed by atoms with Crippen LogP contribution < -0.4 is 4.74 Å². The normalized spacial score (nSPS) is 19.0. The zero-order chi connectivity index (χ0) is 18.7. The lowest BCUT2D eigenvalue weighted by Gasteiger charge is -2.24. The van der Waals surface area contributed by atoms with Gasteiger partial charge in [0.1, 0.15) is 18.2 Å². The van der Waals surface area contributed by atoms with Gasteiger partial charge in [-0.05, 0) is 31.7 Å². The van der Waals surface area contributed by atoms with Crippen LogP contribution in [0.3, 0.4) is 0 Å². The number of rotatable bonds is 6. The maximum atomic E-state index is 13.9. The van der Waals surface area contributed by atoms with Crippen LogP contribution in [0.2, 0.25) is 5.02 Å². The van der Waals surface area contributed by atoms with E-state index in [1.54, 1.807) is 12.1 Å². The lowest BCUT2D eigenvalue weighted by atomic mass is 10.1. The average Bonchev–Trinajstić information content (AvgIpc) is 2.96. The monoisotopic (exact) mass is 397 g/mol. The topological polar surface area (TPSA) is 46.6 Å². The van der Waals surface area contributed by atoms with E-state index >= 15 is 0 Å². The van der Waals surface area contributed by atoms with E-state index in [0.717, 1.165) is 5.56 Å². The van der Waals surface area contributed by atoms with Gasteiger partial charge < -0.3 is 4.74 Å².